The van der Waals surface area contributed by atoms with Gasteiger partial charge in [0.25, 0.3) is 11.6 Å². The Labute approximate surface area is 199 Å². The molecule has 0 saturated heterocycles. The average Bonchev–Trinajstić information content (AvgIpc) is 2.87. The van der Waals surface area contributed by atoms with Gasteiger partial charge in [-0.1, -0.05) is 42.5 Å². The number of fused-ring (bicyclic) bond motifs is 1. The Morgan fingerprint density at radius 1 is 0.886 bits per heavy atom. The lowest BCUT2D eigenvalue weighted by Gasteiger charge is -2.06. The van der Waals surface area contributed by atoms with Crippen molar-refractivity contribution < 1.29 is 24.0 Å². The molecule has 1 N–H and O–H groups in total. The molecule has 4 rings (SSSR count). The van der Waals surface area contributed by atoms with E-state index in [9.17, 15) is 19.7 Å². The molecule has 0 aliphatic carbocycles. The van der Waals surface area contributed by atoms with Crippen molar-refractivity contribution in [1.29, 1.82) is 0 Å². The van der Waals surface area contributed by atoms with Crippen LogP contribution in [0.15, 0.2) is 96.1 Å². The Hall–Kier alpha value is -5.05. The first-order valence-corrected chi connectivity index (χ1v) is 10.5. The minimum absolute atomic E-state index is 0.121. The predicted octanol–water partition coefficient (Wildman–Crippen LogP) is 4.50. The number of carbonyl (C=O) groups excluding carboxylic acids is 2. The van der Waals surface area contributed by atoms with Crippen LogP contribution in [0.3, 0.4) is 0 Å². The molecule has 4 aromatic carbocycles. The summed E-state index contributed by atoms with van der Waals surface area (Å²) in [5.41, 5.74) is 3.01. The first kappa shape index (κ1) is 23.1. The number of hydrogen-bond donors (Lipinski definition) is 1. The SMILES string of the molecule is O=C(COc1ccc2ccccc2c1)N/N=C/c1cccc(OC(=O)c2ccc([N+](=O)[O-])cc2)c1. The van der Waals surface area contributed by atoms with Crippen molar-refractivity contribution in [3.8, 4) is 11.5 Å². The molecule has 0 heterocycles. The molecule has 0 saturated carbocycles. The van der Waals surface area contributed by atoms with Gasteiger partial charge in [-0.2, -0.15) is 5.10 Å². The zero-order chi connectivity index (χ0) is 24.6. The summed E-state index contributed by atoms with van der Waals surface area (Å²) in [4.78, 5) is 34.5. The van der Waals surface area contributed by atoms with E-state index in [1.165, 1.54) is 30.5 Å². The lowest BCUT2D eigenvalue weighted by atomic mass is 10.1. The largest absolute Gasteiger partial charge is 0.484 e. The highest BCUT2D eigenvalue weighted by Crippen LogP contribution is 2.20. The summed E-state index contributed by atoms with van der Waals surface area (Å²) in [5.74, 6) is -0.267. The number of ether oxygens (including phenoxy) is 2. The molecule has 0 spiro atoms. The van der Waals surface area contributed by atoms with Crippen LogP contribution in [0.1, 0.15) is 15.9 Å². The second kappa shape index (κ2) is 10.7. The van der Waals surface area contributed by atoms with E-state index in [2.05, 4.69) is 10.5 Å². The highest BCUT2D eigenvalue weighted by atomic mass is 16.6. The van der Waals surface area contributed by atoms with Crippen LogP contribution in [-0.4, -0.2) is 29.6 Å². The van der Waals surface area contributed by atoms with Gasteiger partial charge in [-0.3, -0.25) is 14.9 Å². The van der Waals surface area contributed by atoms with Crippen molar-refractivity contribution in [2.45, 2.75) is 0 Å². The van der Waals surface area contributed by atoms with Gasteiger partial charge in [0.15, 0.2) is 6.61 Å². The number of amides is 1. The molecule has 174 valence electrons. The number of rotatable bonds is 8. The molecule has 0 aromatic heterocycles. The van der Waals surface area contributed by atoms with Crippen molar-refractivity contribution in [2.75, 3.05) is 6.61 Å². The fraction of sp³-hybridized carbons (Fsp3) is 0.0385. The van der Waals surface area contributed by atoms with Gasteiger partial charge in [0.2, 0.25) is 0 Å². The normalized spacial score (nSPS) is 10.7. The second-order valence-corrected chi connectivity index (χ2v) is 7.36. The fourth-order valence-corrected chi connectivity index (χ4v) is 3.16. The number of esters is 1. The van der Waals surface area contributed by atoms with Gasteiger partial charge in [0.1, 0.15) is 11.5 Å². The standard InChI is InChI=1S/C26H19N3O6/c30-25(17-34-23-13-10-19-5-1-2-6-21(19)15-23)28-27-16-18-4-3-7-24(14-18)35-26(31)20-8-11-22(12-9-20)29(32)33/h1-16H,17H2,(H,28,30)/b27-16+. The van der Waals surface area contributed by atoms with E-state index < -0.39 is 16.8 Å². The Bertz CT molecular complexity index is 1420. The Morgan fingerprint density at radius 3 is 2.43 bits per heavy atom. The van der Waals surface area contributed by atoms with Crippen LogP contribution in [0.2, 0.25) is 0 Å². The van der Waals surface area contributed by atoms with Crippen LogP contribution in [0.4, 0.5) is 5.69 Å². The molecule has 9 heteroatoms. The van der Waals surface area contributed by atoms with Gasteiger partial charge in [0, 0.05) is 12.1 Å². The van der Waals surface area contributed by atoms with Crippen LogP contribution in [0, 0.1) is 10.1 Å². The van der Waals surface area contributed by atoms with Crippen LogP contribution >= 0.6 is 0 Å². The number of benzene rings is 4. The van der Waals surface area contributed by atoms with Gasteiger partial charge < -0.3 is 9.47 Å². The number of nitro benzene ring substituents is 1. The van der Waals surface area contributed by atoms with E-state index in [-0.39, 0.29) is 23.6 Å². The Balaban J connectivity index is 1.29. The van der Waals surface area contributed by atoms with Crippen molar-refractivity contribution in [3.63, 3.8) is 0 Å². The number of nitrogens with one attached hydrogen (secondary N) is 1. The molecule has 0 atom stereocenters. The zero-order valence-electron chi connectivity index (χ0n) is 18.3. The number of hydrogen-bond acceptors (Lipinski definition) is 7. The van der Waals surface area contributed by atoms with Gasteiger partial charge in [-0.05, 0) is 52.7 Å². The molecule has 0 fully saturated rings. The molecular formula is C26H19N3O6. The van der Waals surface area contributed by atoms with Gasteiger partial charge in [-0.25, -0.2) is 10.2 Å². The molecule has 1 amide bonds. The molecule has 0 aliphatic rings. The van der Waals surface area contributed by atoms with E-state index in [0.29, 0.717) is 11.3 Å². The van der Waals surface area contributed by atoms with Crippen molar-refractivity contribution in [2.24, 2.45) is 5.10 Å². The number of non-ortho nitro benzene ring substituents is 1. The number of nitro groups is 1. The third kappa shape index (κ3) is 6.26. The van der Waals surface area contributed by atoms with Crippen molar-refractivity contribution in [1.82, 2.24) is 5.43 Å². The average molecular weight is 469 g/mol. The second-order valence-electron chi connectivity index (χ2n) is 7.36. The summed E-state index contributed by atoms with van der Waals surface area (Å²) < 4.78 is 10.8. The molecular weight excluding hydrogens is 450 g/mol. The topological polar surface area (TPSA) is 120 Å². The molecule has 4 aromatic rings. The smallest absolute Gasteiger partial charge is 0.343 e. The Morgan fingerprint density at radius 2 is 1.66 bits per heavy atom. The van der Waals surface area contributed by atoms with Gasteiger partial charge >= 0.3 is 5.97 Å². The quantitative estimate of drug-likeness (QED) is 0.133. The molecule has 9 nitrogen and oxygen atoms in total. The first-order chi connectivity index (χ1) is 17.0. The maximum atomic E-state index is 12.3. The lowest BCUT2D eigenvalue weighted by Crippen LogP contribution is -2.24. The van der Waals surface area contributed by atoms with Crippen molar-refractivity contribution >= 4 is 34.6 Å². The van der Waals surface area contributed by atoms with E-state index in [4.69, 9.17) is 9.47 Å². The van der Waals surface area contributed by atoms with Crippen LogP contribution in [0.25, 0.3) is 10.8 Å². The minimum atomic E-state index is -0.659. The van der Waals surface area contributed by atoms with Crippen LogP contribution in [-0.2, 0) is 4.79 Å². The number of hydrazone groups is 1. The minimum Gasteiger partial charge on any atom is -0.484 e. The highest BCUT2D eigenvalue weighted by Gasteiger charge is 2.12. The first-order valence-electron chi connectivity index (χ1n) is 10.5. The number of carbonyl (C=O) groups is 2. The summed E-state index contributed by atoms with van der Waals surface area (Å²) in [5, 5.41) is 16.7. The van der Waals surface area contributed by atoms with E-state index in [0.717, 1.165) is 10.8 Å². The summed E-state index contributed by atoms with van der Waals surface area (Å²) in [7, 11) is 0. The van der Waals surface area contributed by atoms with Crippen LogP contribution in [0.5, 0.6) is 11.5 Å². The third-order valence-electron chi connectivity index (χ3n) is 4.88. The maximum absolute atomic E-state index is 12.3. The summed E-state index contributed by atoms with van der Waals surface area (Å²) in [6, 6.07) is 25.0. The fourth-order valence-electron chi connectivity index (χ4n) is 3.16. The lowest BCUT2D eigenvalue weighted by molar-refractivity contribution is -0.384. The van der Waals surface area contributed by atoms with Gasteiger partial charge in [0.05, 0.1) is 16.7 Å². The highest BCUT2D eigenvalue weighted by molar-refractivity contribution is 5.91. The predicted molar refractivity (Wildman–Crippen MR) is 130 cm³/mol. The molecule has 0 unspecified atom stereocenters. The maximum Gasteiger partial charge on any atom is 0.343 e. The third-order valence-corrected chi connectivity index (χ3v) is 4.88. The van der Waals surface area contributed by atoms with Gasteiger partial charge in [-0.15, -0.1) is 0 Å². The monoisotopic (exact) mass is 469 g/mol. The molecule has 0 bridgehead atoms. The molecule has 0 radical (unpaired) electrons. The van der Waals surface area contributed by atoms with E-state index >= 15 is 0 Å². The zero-order valence-corrected chi connectivity index (χ0v) is 18.3. The van der Waals surface area contributed by atoms with Crippen molar-refractivity contribution in [3.05, 3.63) is 112 Å². The Kier molecular flexibility index (Phi) is 7.08. The molecule has 0 aliphatic heterocycles. The summed E-state index contributed by atoms with van der Waals surface area (Å²) in [6.45, 7) is -0.206. The van der Waals surface area contributed by atoms with E-state index in [1.54, 1.807) is 30.3 Å². The van der Waals surface area contributed by atoms with Crippen LogP contribution < -0.4 is 14.9 Å². The molecule has 35 heavy (non-hydrogen) atoms. The van der Waals surface area contributed by atoms with E-state index in [1.807, 2.05) is 36.4 Å². The summed E-state index contributed by atoms with van der Waals surface area (Å²) >= 11 is 0. The summed E-state index contributed by atoms with van der Waals surface area (Å²) in [6.07, 6.45) is 1.40. The number of nitrogens with zero attached hydrogens (tertiary/aromatic N) is 2.